The van der Waals surface area contributed by atoms with E-state index in [0.717, 1.165) is 6.07 Å². The summed E-state index contributed by atoms with van der Waals surface area (Å²) in [7, 11) is -7.40. The molecule has 0 amide bonds. The average Bonchev–Trinajstić information content (AvgIpc) is 2.57. The molecule has 1 atom stereocenters. The van der Waals surface area contributed by atoms with Crippen LogP contribution in [0.2, 0.25) is 0 Å². The summed E-state index contributed by atoms with van der Waals surface area (Å²) in [6.45, 7) is 0. The Morgan fingerprint density at radius 1 is 1.50 bits per heavy atom. The van der Waals surface area contributed by atoms with Crippen LogP contribution in [0.25, 0.3) is 0 Å². The van der Waals surface area contributed by atoms with Gasteiger partial charge in [-0.05, 0) is 12.5 Å². The molecule has 3 N–H and O–H groups in total. The quantitative estimate of drug-likeness (QED) is 0.728. The van der Waals surface area contributed by atoms with Gasteiger partial charge in [-0.3, -0.25) is 0 Å². The first-order valence-corrected chi connectivity index (χ1v) is 8.31. The van der Waals surface area contributed by atoms with Crippen LogP contribution in [-0.4, -0.2) is 27.7 Å². The van der Waals surface area contributed by atoms with E-state index in [-0.39, 0.29) is 26.2 Å². The summed E-state index contributed by atoms with van der Waals surface area (Å²) in [5.41, 5.74) is 0.139. The standard InChI is InChI=1S/C7H9NO5S3/c8-16(12,13)6-3-4-5(9)1-2-15(10,11)7(4)14-6/h3,5,9H,1-2H2,(H2,8,12,13). The van der Waals surface area contributed by atoms with Gasteiger partial charge >= 0.3 is 0 Å². The first-order valence-electron chi connectivity index (χ1n) is 4.29. The maximum atomic E-state index is 11.6. The Morgan fingerprint density at radius 3 is 2.62 bits per heavy atom. The number of hydrogen-bond acceptors (Lipinski definition) is 6. The lowest BCUT2D eigenvalue weighted by Crippen LogP contribution is -2.17. The zero-order valence-corrected chi connectivity index (χ0v) is 10.4. The summed E-state index contributed by atoms with van der Waals surface area (Å²) in [6, 6.07) is 1.14. The Kier molecular flexibility index (Phi) is 2.63. The van der Waals surface area contributed by atoms with E-state index >= 15 is 0 Å². The zero-order valence-electron chi connectivity index (χ0n) is 7.95. The van der Waals surface area contributed by atoms with Crippen LogP contribution < -0.4 is 5.14 Å². The van der Waals surface area contributed by atoms with Crippen molar-refractivity contribution >= 4 is 31.2 Å². The van der Waals surface area contributed by atoms with Crippen molar-refractivity contribution in [3.8, 4) is 0 Å². The summed E-state index contributed by atoms with van der Waals surface area (Å²) in [4.78, 5) is 0. The maximum absolute atomic E-state index is 11.6. The molecule has 0 aliphatic carbocycles. The summed E-state index contributed by atoms with van der Waals surface area (Å²) in [5.74, 6) is -0.175. The van der Waals surface area contributed by atoms with E-state index in [0.29, 0.717) is 11.3 Å². The number of primary sulfonamides is 1. The van der Waals surface area contributed by atoms with E-state index in [1.165, 1.54) is 0 Å². The average molecular weight is 283 g/mol. The molecule has 9 heteroatoms. The first-order chi connectivity index (χ1) is 7.22. The van der Waals surface area contributed by atoms with Crippen molar-refractivity contribution in [2.24, 2.45) is 5.14 Å². The predicted octanol–water partition coefficient (Wildman–Crippen LogP) is -0.394. The normalized spacial score (nSPS) is 24.0. The van der Waals surface area contributed by atoms with Gasteiger partial charge in [0.15, 0.2) is 9.84 Å². The fraction of sp³-hybridized carbons (Fsp3) is 0.429. The molecule has 1 aromatic rings. The number of nitrogens with two attached hydrogens (primary N) is 1. The number of sulfone groups is 1. The molecule has 0 saturated heterocycles. The highest BCUT2D eigenvalue weighted by Gasteiger charge is 2.33. The molecule has 0 fully saturated rings. The van der Waals surface area contributed by atoms with Crippen LogP contribution in [0.5, 0.6) is 0 Å². The molecule has 1 aliphatic heterocycles. The Balaban J connectivity index is 2.71. The maximum Gasteiger partial charge on any atom is 0.247 e. The van der Waals surface area contributed by atoms with Crippen molar-refractivity contribution in [3.05, 3.63) is 11.6 Å². The molecule has 90 valence electrons. The topological polar surface area (TPSA) is 115 Å². The third-order valence-electron chi connectivity index (χ3n) is 2.28. The highest BCUT2D eigenvalue weighted by atomic mass is 32.3. The van der Waals surface area contributed by atoms with Crippen molar-refractivity contribution in [2.75, 3.05) is 5.75 Å². The monoisotopic (exact) mass is 283 g/mol. The lowest BCUT2D eigenvalue weighted by molar-refractivity contribution is 0.169. The van der Waals surface area contributed by atoms with Crippen LogP contribution in [0, 0.1) is 0 Å². The molecular formula is C7H9NO5S3. The van der Waals surface area contributed by atoms with Crippen LogP contribution in [0.4, 0.5) is 0 Å². The minimum atomic E-state index is -3.93. The van der Waals surface area contributed by atoms with Crippen molar-refractivity contribution in [3.63, 3.8) is 0 Å². The van der Waals surface area contributed by atoms with E-state index in [9.17, 15) is 21.9 Å². The predicted molar refractivity (Wildman–Crippen MR) is 57.3 cm³/mol. The van der Waals surface area contributed by atoms with Crippen LogP contribution in [-0.2, 0) is 19.9 Å². The van der Waals surface area contributed by atoms with E-state index < -0.39 is 26.0 Å². The SMILES string of the molecule is NS(=O)(=O)c1cc2c(s1)S(=O)(=O)CCC2O. The minimum absolute atomic E-state index is 0.0795. The van der Waals surface area contributed by atoms with Gasteiger partial charge in [-0.1, -0.05) is 0 Å². The Labute approximate surface area is 96.7 Å². The molecule has 0 spiro atoms. The van der Waals surface area contributed by atoms with Crippen molar-refractivity contribution in [1.29, 1.82) is 0 Å². The van der Waals surface area contributed by atoms with Gasteiger partial charge in [0.1, 0.15) is 8.42 Å². The van der Waals surface area contributed by atoms with Crippen LogP contribution >= 0.6 is 11.3 Å². The molecule has 0 saturated carbocycles. The Hall–Kier alpha value is -0.480. The van der Waals surface area contributed by atoms with Crippen LogP contribution in [0.1, 0.15) is 18.1 Å². The Bertz CT molecular complexity index is 627. The van der Waals surface area contributed by atoms with Gasteiger partial charge in [0.2, 0.25) is 10.0 Å². The molecule has 0 bridgehead atoms. The molecule has 0 aromatic carbocycles. The van der Waals surface area contributed by atoms with Gasteiger partial charge < -0.3 is 5.11 Å². The molecule has 1 unspecified atom stereocenters. The summed E-state index contributed by atoms with van der Waals surface area (Å²) < 4.78 is 45.1. The Morgan fingerprint density at radius 2 is 2.12 bits per heavy atom. The van der Waals surface area contributed by atoms with E-state index in [2.05, 4.69) is 0 Å². The fourth-order valence-electron chi connectivity index (χ4n) is 1.50. The van der Waals surface area contributed by atoms with Gasteiger partial charge in [0.25, 0.3) is 0 Å². The number of hydrogen-bond donors (Lipinski definition) is 2. The molecule has 2 heterocycles. The first kappa shape index (κ1) is 12.0. The molecule has 6 nitrogen and oxygen atoms in total. The number of aliphatic hydroxyl groups is 1. The second kappa shape index (κ2) is 3.50. The van der Waals surface area contributed by atoms with Gasteiger partial charge in [-0.2, -0.15) is 0 Å². The van der Waals surface area contributed by atoms with Gasteiger partial charge in [-0.25, -0.2) is 22.0 Å². The second-order valence-corrected chi connectivity index (χ2v) is 8.62. The molecule has 16 heavy (non-hydrogen) atoms. The highest BCUT2D eigenvalue weighted by Crippen LogP contribution is 2.39. The van der Waals surface area contributed by atoms with Crippen molar-refractivity contribution in [1.82, 2.24) is 0 Å². The molecule has 1 aliphatic rings. The van der Waals surface area contributed by atoms with E-state index in [4.69, 9.17) is 5.14 Å². The number of thiophene rings is 1. The summed E-state index contributed by atoms with van der Waals surface area (Å²) in [5, 5.41) is 14.5. The lowest BCUT2D eigenvalue weighted by atomic mass is 10.1. The second-order valence-electron chi connectivity index (χ2n) is 3.48. The summed E-state index contributed by atoms with van der Waals surface area (Å²) >= 11 is 0.592. The minimum Gasteiger partial charge on any atom is -0.388 e. The third-order valence-corrected chi connectivity index (χ3v) is 7.24. The lowest BCUT2D eigenvalue weighted by Gasteiger charge is -2.16. The highest BCUT2D eigenvalue weighted by molar-refractivity contribution is 7.95. The molecule has 1 aromatic heterocycles. The van der Waals surface area contributed by atoms with Crippen LogP contribution in [0.3, 0.4) is 0 Å². The smallest absolute Gasteiger partial charge is 0.247 e. The van der Waals surface area contributed by atoms with Gasteiger partial charge in [0.05, 0.1) is 11.9 Å². The van der Waals surface area contributed by atoms with Crippen LogP contribution in [0.15, 0.2) is 14.5 Å². The molecule has 0 radical (unpaired) electrons. The van der Waals surface area contributed by atoms with Gasteiger partial charge in [-0.15, -0.1) is 11.3 Å². The number of fused-ring (bicyclic) bond motifs is 1. The number of aliphatic hydroxyl groups excluding tert-OH is 1. The van der Waals surface area contributed by atoms with E-state index in [1.807, 2.05) is 0 Å². The van der Waals surface area contributed by atoms with Crippen molar-refractivity contribution in [2.45, 2.75) is 20.9 Å². The van der Waals surface area contributed by atoms with Crippen molar-refractivity contribution < 1.29 is 21.9 Å². The fourth-order valence-corrected chi connectivity index (χ4v) is 5.64. The largest absolute Gasteiger partial charge is 0.388 e. The van der Waals surface area contributed by atoms with Gasteiger partial charge in [0, 0.05) is 5.56 Å². The van der Waals surface area contributed by atoms with E-state index in [1.54, 1.807) is 0 Å². The summed E-state index contributed by atoms with van der Waals surface area (Å²) in [6.07, 6.45) is -0.860. The number of rotatable bonds is 1. The number of sulfonamides is 1. The third kappa shape index (κ3) is 1.89. The molecular weight excluding hydrogens is 274 g/mol. The zero-order chi connectivity index (χ0) is 12.1. The molecule has 2 rings (SSSR count).